The molecule has 4 heterocycles. The van der Waals surface area contributed by atoms with Gasteiger partial charge in [0.1, 0.15) is 12.1 Å². The molecule has 5 amide bonds. The minimum Gasteiger partial charge on any atom is -0.444 e. The molecule has 282 valence electrons. The molecule has 6 rings (SSSR count). The van der Waals surface area contributed by atoms with Crippen LogP contribution in [0.3, 0.4) is 0 Å². The van der Waals surface area contributed by atoms with Crippen LogP contribution >= 0.6 is 11.6 Å². The Morgan fingerprint density at radius 3 is 2.38 bits per heavy atom. The second kappa shape index (κ2) is 13.9. The molecule has 5 atom stereocenters. The van der Waals surface area contributed by atoms with Crippen LogP contribution in [0.25, 0.3) is 11.3 Å². The highest BCUT2D eigenvalue weighted by molar-refractivity contribution is 6.34. The lowest BCUT2D eigenvalue weighted by Gasteiger charge is -2.25. The van der Waals surface area contributed by atoms with Gasteiger partial charge in [0.15, 0.2) is 11.5 Å². The number of urea groups is 1. The number of carbonyl (C=O) groups is 4. The number of halogens is 4. The fourth-order valence-corrected chi connectivity index (χ4v) is 6.86. The van der Waals surface area contributed by atoms with Crippen molar-refractivity contribution in [3.8, 4) is 17.3 Å². The molecule has 0 radical (unpaired) electrons. The largest absolute Gasteiger partial charge is 0.444 e. The molecule has 0 spiro atoms. The number of imidazole rings is 1. The molecular weight excluding hydrogens is 725 g/mol. The molecule has 2 aromatic heterocycles. The van der Waals surface area contributed by atoms with E-state index in [0.29, 0.717) is 13.1 Å². The summed E-state index contributed by atoms with van der Waals surface area (Å²) in [7, 11) is 1.36. The summed E-state index contributed by atoms with van der Waals surface area (Å²) >= 11 is 6.41. The maximum absolute atomic E-state index is 13.7. The quantitative estimate of drug-likeness (QED) is 0.280. The monoisotopic (exact) mass is 760 g/mol. The Morgan fingerprint density at radius 2 is 1.75 bits per heavy atom. The van der Waals surface area contributed by atoms with Crippen molar-refractivity contribution in [2.45, 2.75) is 57.3 Å². The Balaban J connectivity index is 1.01. The van der Waals surface area contributed by atoms with Crippen LogP contribution in [-0.2, 0) is 24.5 Å². The number of rotatable bonds is 7. The van der Waals surface area contributed by atoms with Crippen LogP contribution in [-0.4, -0.2) is 108 Å². The van der Waals surface area contributed by atoms with Crippen LogP contribution in [0, 0.1) is 23.2 Å². The normalized spacial score (nSPS) is 22.2. The van der Waals surface area contributed by atoms with Crippen molar-refractivity contribution in [3.05, 3.63) is 52.7 Å². The Bertz CT molecular complexity index is 1990. The number of aliphatic hydroxyl groups is 1. The third kappa shape index (κ3) is 7.88. The number of nitrogens with zero attached hydrogens (tertiary/aromatic N) is 7. The summed E-state index contributed by atoms with van der Waals surface area (Å²) in [6.07, 6.45) is -4.18. The number of aromatic nitrogens is 4. The highest BCUT2D eigenvalue weighted by atomic mass is 35.5. The first-order chi connectivity index (χ1) is 24.8. The Hall–Kier alpha value is -5.35. The number of nitrogens with one attached hydrogen (secondary N) is 3. The van der Waals surface area contributed by atoms with Crippen molar-refractivity contribution in [3.63, 3.8) is 0 Å². The summed E-state index contributed by atoms with van der Waals surface area (Å²) in [6.45, 7) is 5.72. The van der Waals surface area contributed by atoms with Gasteiger partial charge in [-0.25, -0.2) is 14.6 Å². The van der Waals surface area contributed by atoms with Crippen LogP contribution in [0.4, 0.5) is 28.4 Å². The van der Waals surface area contributed by atoms with Gasteiger partial charge in [-0.1, -0.05) is 11.6 Å². The summed E-state index contributed by atoms with van der Waals surface area (Å²) in [6, 6.07) is 4.72. The van der Waals surface area contributed by atoms with E-state index in [1.807, 2.05) is 0 Å². The number of carbonyl (C=O) groups excluding carboxylic acids is 4. The van der Waals surface area contributed by atoms with Crippen LogP contribution < -0.4 is 16.0 Å². The summed E-state index contributed by atoms with van der Waals surface area (Å²) in [4.78, 5) is 58.5. The molecule has 0 bridgehead atoms. The molecule has 1 saturated carbocycles. The zero-order chi connectivity index (χ0) is 38.6. The zero-order valence-electron chi connectivity index (χ0n) is 28.9. The molecule has 1 aliphatic carbocycles. The number of nitriles is 1. The van der Waals surface area contributed by atoms with Crippen LogP contribution in [0.15, 0.2) is 30.6 Å². The molecular formula is C33H36ClF3N10O6. The highest BCUT2D eigenvalue weighted by Gasteiger charge is 2.57. The molecule has 16 nitrogen and oxygen atoms in total. The number of alkyl halides is 3. The molecule has 20 heteroatoms. The number of amides is 5. The van der Waals surface area contributed by atoms with Gasteiger partial charge in [0.25, 0.3) is 11.8 Å². The van der Waals surface area contributed by atoms with Crippen molar-refractivity contribution >= 4 is 41.2 Å². The van der Waals surface area contributed by atoms with Gasteiger partial charge in [-0.3, -0.25) is 14.3 Å². The number of fused-ring (bicyclic) bond motifs is 1. The molecule has 2 aliphatic heterocycles. The lowest BCUT2D eigenvalue weighted by Crippen LogP contribution is -2.50. The van der Waals surface area contributed by atoms with Gasteiger partial charge in [0, 0.05) is 56.4 Å². The smallest absolute Gasteiger partial charge is 0.435 e. The predicted octanol–water partition coefficient (Wildman–Crippen LogP) is 3.08. The average Bonchev–Trinajstić information content (AvgIpc) is 3.60. The van der Waals surface area contributed by atoms with Gasteiger partial charge in [0.2, 0.25) is 0 Å². The van der Waals surface area contributed by atoms with Crippen molar-refractivity contribution in [1.82, 2.24) is 39.8 Å². The fraction of sp³-hybridized carbons (Fsp3) is 0.485. The molecule has 0 unspecified atom stereocenters. The van der Waals surface area contributed by atoms with Gasteiger partial charge in [-0.05, 0) is 39.0 Å². The maximum atomic E-state index is 13.7. The summed E-state index contributed by atoms with van der Waals surface area (Å²) in [5.74, 6) is -1.39. The average molecular weight is 761 g/mol. The van der Waals surface area contributed by atoms with Gasteiger partial charge >= 0.3 is 18.3 Å². The SMILES string of the molecule is Cn1c(-c2cn(CC#N)nc2C(F)(F)F)cnc1C(=O)Nc1ccc(C(=O)N[C@H]2[C@@H]3CN(C(=O)N[C@H]4CN(C(=O)OC(C)(C)C)C[C@@H]4O)C[C@@H]32)c(Cl)c1. The molecule has 3 aromatic rings. The number of β-amino-alcohol motifs (C(OH)–C–C–N with tert-alkyl or cyclic N) is 1. The third-order valence-electron chi connectivity index (χ3n) is 9.23. The van der Waals surface area contributed by atoms with E-state index in [4.69, 9.17) is 21.6 Å². The van der Waals surface area contributed by atoms with Crippen molar-refractivity contribution in [2.75, 3.05) is 31.5 Å². The van der Waals surface area contributed by atoms with E-state index >= 15 is 0 Å². The number of hydrogen-bond donors (Lipinski definition) is 4. The van der Waals surface area contributed by atoms with Gasteiger partial charge in [-0.15, -0.1) is 0 Å². The van der Waals surface area contributed by atoms with Crippen LogP contribution in [0.1, 0.15) is 47.4 Å². The first-order valence-corrected chi connectivity index (χ1v) is 16.9. The van der Waals surface area contributed by atoms with E-state index in [-0.39, 0.29) is 70.4 Å². The van der Waals surface area contributed by atoms with E-state index in [2.05, 4.69) is 26.0 Å². The lowest BCUT2D eigenvalue weighted by atomic mass is 10.2. The molecule has 2 saturated heterocycles. The van der Waals surface area contributed by atoms with E-state index in [0.717, 1.165) is 21.6 Å². The zero-order valence-corrected chi connectivity index (χ0v) is 29.7. The molecule has 3 aliphatic rings. The van der Waals surface area contributed by atoms with E-state index in [1.54, 1.807) is 31.7 Å². The third-order valence-corrected chi connectivity index (χ3v) is 9.54. The second-order valence-corrected chi connectivity index (χ2v) is 14.6. The Morgan fingerprint density at radius 1 is 1.06 bits per heavy atom. The Kier molecular flexibility index (Phi) is 9.81. The van der Waals surface area contributed by atoms with E-state index < -0.39 is 54.1 Å². The highest BCUT2D eigenvalue weighted by Crippen LogP contribution is 2.46. The number of ether oxygens (including phenoxy) is 1. The number of aliphatic hydroxyl groups excluding tert-OH is 1. The van der Waals surface area contributed by atoms with Gasteiger partial charge in [0.05, 0.1) is 52.8 Å². The summed E-state index contributed by atoms with van der Waals surface area (Å²) < 4.78 is 48.4. The first-order valence-electron chi connectivity index (χ1n) is 16.5. The van der Waals surface area contributed by atoms with E-state index in [1.165, 1.54) is 30.1 Å². The fourth-order valence-electron chi connectivity index (χ4n) is 6.60. The lowest BCUT2D eigenvalue weighted by molar-refractivity contribution is -0.141. The molecule has 1 aromatic carbocycles. The summed E-state index contributed by atoms with van der Waals surface area (Å²) in [5, 5.41) is 31.1. The van der Waals surface area contributed by atoms with Crippen molar-refractivity contribution in [1.29, 1.82) is 5.26 Å². The van der Waals surface area contributed by atoms with Crippen LogP contribution in [0.5, 0.6) is 0 Å². The van der Waals surface area contributed by atoms with E-state index in [9.17, 15) is 37.5 Å². The maximum Gasteiger partial charge on any atom is 0.435 e. The van der Waals surface area contributed by atoms with Crippen LogP contribution in [0.2, 0.25) is 5.02 Å². The topological polar surface area (TPSA) is 200 Å². The predicted molar refractivity (Wildman–Crippen MR) is 180 cm³/mol. The number of likely N-dealkylation sites (tertiary alicyclic amines) is 2. The molecule has 3 fully saturated rings. The minimum atomic E-state index is -4.82. The van der Waals surface area contributed by atoms with Crippen molar-refractivity contribution in [2.24, 2.45) is 18.9 Å². The first kappa shape index (κ1) is 37.4. The standard InChI is InChI=1S/C33H36ClF3N10O6/c1-32(2,3)53-31(52)46-14-22(24(48)15-46)41-30(51)45-11-18-19(12-45)25(18)42-28(49)17-6-5-16(9-21(17)34)40-29(50)27-39-10-23(44(27)4)20-13-47(8-7-38)43-26(20)33(35,36)37/h5-6,9-10,13,18-19,22,24-25,48H,8,11-12,14-15H2,1-4H3,(H,40,50)(H,41,51)(H,42,49)/t18-,19+,22-,24-,25+/m0/s1. The number of piperidine rings is 1. The second-order valence-electron chi connectivity index (χ2n) is 14.2. The molecule has 4 N–H and O–H groups in total. The van der Waals surface area contributed by atoms with Crippen molar-refractivity contribution < 1.29 is 42.2 Å². The number of benzene rings is 1. The number of anilines is 1. The Labute approximate surface area is 305 Å². The minimum absolute atomic E-state index is 0.0179. The van der Waals surface area contributed by atoms with Gasteiger partial charge in [-0.2, -0.15) is 23.5 Å². The molecule has 53 heavy (non-hydrogen) atoms. The van der Waals surface area contributed by atoms with Gasteiger partial charge < -0.3 is 40.2 Å². The number of hydrogen-bond acceptors (Lipinski definition) is 9. The summed E-state index contributed by atoms with van der Waals surface area (Å²) in [5.41, 5.74) is -1.99.